The minimum atomic E-state index is -0.325. The Kier molecular flexibility index (Phi) is 6.74. The average molecular weight is 202 g/mol. The summed E-state index contributed by atoms with van der Waals surface area (Å²) < 4.78 is 4.42. The molecule has 14 heavy (non-hydrogen) atoms. The largest absolute Gasteiger partial charge is 0.468 e. The van der Waals surface area contributed by atoms with Gasteiger partial charge >= 0.3 is 5.97 Å². The first-order valence-electron chi connectivity index (χ1n) is 4.63. The Morgan fingerprint density at radius 3 is 2.50 bits per heavy atom. The number of methoxy groups -OCH3 is 1. The van der Waals surface area contributed by atoms with E-state index in [1.165, 1.54) is 7.11 Å². The van der Waals surface area contributed by atoms with Crippen LogP contribution in [0.3, 0.4) is 0 Å². The van der Waals surface area contributed by atoms with Gasteiger partial charge in [0.1, 0.15) is 0 Å². The van der Waals surface area contributed by atoms with Crippen molar-refractivity contribution in [3.63, 3.8) is 0 Å². The lowest BCUT2D eigenvalue weighted by atomic mass is 10.3. The van der Waals surface area contributed by atoms with Gasteiger partial charge in [0, 0.05) is 19.0 Å². The fourth-order valence-corrected chi connectivity index (χ4v) is 0.859. The molecule has 2 N–H and O–H groups in total. The van der Waals surface area contributed by atoms with E-state index in [0.717, 1.165) is 0 Å². The molecule has 1 amide bonds. The van der Waals surface area contributed by atoms with Crippen LogP contribution in [0.4, 0.5) is 0 Å². The molecular formula is C9H18N2O3. The molecular weight excluding hydrogens is 184 g/mol. The molecule has 0 radical (unpaired) electrons. The van der Waals surface area contributed by atoms with Gasteiger partial charge in [0.05, 0.1) is 13.7 Å². The first kappa shape index (κ1) is 12.9. The van der Waals surface area contributed by atoms with Crippen LogP contribution in [0.5, 0.6) is 0 Å². The van der Waals surface area contributed by atoms with Crippen molar-refractivity contribution in [1.29, 1.82) is 0 Å². The molecule has 0 aliphatic rings. The van der Waals surface area contributed by atoms with Crippen molar-refractivity contribution in [2.75, 3.05) is 20.2 Å². The zero-order chi connectivity index (χ0) is 11.0. The molecule has 0 saturated carbocycles. The number of carbonyl (C=O) groups excluding carboxylic acids is 2. The van der Waals surface area contributed by atoms with Crippen molar-refractivity contribution in [3.8, 4) is 0 Å². The fourth-order valence-electron chi connectivity index (χ4n) is 0.859. The fraction of sp³-hybridized carbons (Fsp3) is 0.778. The third-order valence-electron chi connectivity index (χ3n) is 1.48. The first-order valence-corrected chi connectivity index (χ1v) is 4.63. The Morgan fingerprint density at radius 2 is 2.00 bits per heavy atom. The van der Waals surface area contributed by atoms with E-state index >= 15 is 0 Å². The number of carbonyl (C=O) groups is 2. The van der Waals surface area contributed by atoms with Crippen LogP contribution in [0.2, 0.25) is 0 Å². The Hall–Kier alpha value is -1.10. The molecule has 0 unspecified atom stereocenters. The highest BCUT2D eigenvalue weighted by molar-refractivity contribution is 5.76. The standard InChI is InChI=1S/C9H18N2O3/c1-7(2)11-8(12)4-5-10-6-9(13)14-3/h7,10H,4-6H2,1-3H3,(H,11,12). The zero-order valence-corrected chi connectivity index (χ0v) is 8.92. The second kappa shape index (κ2) is 7.32. The van der Waals surface area contributed by atoms with Crippen LogP contribution < -0.4 is 10.6 Å². The topological polar surface area (TPSA) is 67.4 Å². The third kappa shape index (κ3) is 7.54. The van der Waals surface area contributed by atoms with E-state index in [9.17, 15) is 9.59 Å². The minimum Gasteiger partial charge on any atom is -0.468 e. The highest BCUT2D eigenvalue weighted by atomic mass is 16.5. The van der Waals surface area contributed by atoms with E-state index in [-0.39, 0.29) is 24.5 Å². The molecule has 82 valence electrons. The summed E-state index contributed by atoms with van der Waals surface area (Å²) in [4.78, 5) is 21.7. The van der Waals surface area contributed by atoms with Gasteiger partial charge in [0.25, 0.3) is 0 Å². The van der Waals surface area contributed by atoms with E-state index < -0.39 is 0 Å². The number of ether oxygens (including phenoxy) is 1. The zero-order valence-electron chi connectivity index (χ0n) is 8.92. The molecule has 0 spiro atoms. The number of rotatable bonds is 6. The normalized spacial score (nSPS) is 10.0. The molecule has 0 fully saturated rings. The number of esters is 1. The number of nitrogens with one attached hydrogen (secondary N) is 2. The smallest absolute Gasteiger partial charge is 0.319 e. The van der Waals surface area contributed by atoms with Crippen molar-refractivity contribution < 1.29 is 14.3 Å². The van der Waals surface area contributed by atoms with Gasteiger partial charge in [-0.1, -0.05) is 0 Å². The van der Waals surface area contributed by atoms with Crippen LogP contribution in [0.15, 0.2) is 0 Å². The Labute approximate surface area is 84.2 Å². The second-order valence-corrected chi connectivity index (χ2v) is 3.23. The van der Waals surface area contributed by atoms with Crippen LogP contribution in [-0.2, 0) is 14.3 Å². The van der Waals surface area contributed by atoms with Crippen LogP contribution in [0.1, 0.15) is 20.3 Å². The van der Waals surface area contributed by atoms with E-state index in [1.807, 2.05) is 13.8 Å². The SMILES string of the molecule is COC(=O)CNCCC(=O)NC(C)C. The monoisotopic (exact) mass is 202 g/mol. The Morgan fingerprint density at radius 1 is 1.36 bits per heavy atom. The maximum absolute atomic E-state index is 11.1. The van der Waals surface area contributed by atoms with Crippen molar-refractivity contribution >= 4 is 11.9 Å². The second-order valence-electron chi connectivity index (χ2n) is 3.23. The van der Waals surface area contributed by atoms with Crippen molar-refractivity contribution in [3.05, 3.63) is 0 Å². The van der Waals surface area contributed by atoms with Gasteiger partial charge in [0.15, 0.2) is 0 Å². The van der Waals surface area contributed by atoms with Crippen LogP contribution >= 0.6 is 0 Å². The summed E-state index contributed by atoms with van der Waals surface area (Å²) in [5.41, 5.74) is 0. The van der Waals surface area contributed by atoms with Crippen LogP contribution in [0, 0.1) is 0 Å². The van der Waals surface area contributed by atoms with Gasteiger partial charge < -0.3 is 15.4 Å². The molecule has 0 bridgehead atoms. The highest BCUT2D eigenvalue weighted by Crippen LogP contribution is 1.82. The minimum absolute atomic E-state index is 0.0163. The maximum Gasteiger partial charge on any atom is 0.319 e. The molecule has 0 heterocycles. The molecule has 0 aromatic heterocycles. The lowest BCUT2D eigenvalue weighted by Crippen LogP contribution is -2.33. The summed E-state index contributed by atoms with van der Waals surface area (Å²) in [7, 11) is 1.33. The lowest BCUT2D eigenvalue weighted by molar-refractivity contribution is -0.139. The quantitative estimate of drug-likeness (QED) is 0.457. The van der Waals surface area contributed by atoms with E-state index in [0.29, 0.717) is 13.0 Å². The maximum atomic E-state index is 11.1. The average Bonchev–Trinajstić information content (AvgIpc) is 2.10. The van der Waals surface area contributed by atoms with E-state index in [1.54, 1.807) is 0 Å². The Bertz CT molecular complexity index is 192. The summed E-state index contributed by atoms with van der Waals surface area (Å²) in [6, 6.07) is 0.156. The molecule has 0 atom stereocenters. The number of hydrogen-bond donors (Lipinski definition) is 2. The van der Waals surface area contributed by atoms with Gasteiger partial charge in [-0.25, -0.2) is 0 Å². The third-order valence-corrected chi connectivity index (χ3v) is 1.48. The van der Waals surface area contributed by atoms with Crippen molar-refractivity contribution in [2.24, 2.45) is 0 Å². The Balaban J connectivity index is 3.36. The molecule has 0 aromatic carbocycles. The van der Waals surface area contributed by atoms with Crippen LogP contribution in [-0.4, -0.2) is 38.1 Å². The summed E-state index contributed by atoms with van der Waals surface area (Å²) in [5, 5.41) is 5.55. The summed E-state index contributed by atoms with van der Waals surface area (Å²) in [6.07, 6.45) is 0.370. The van der Waals surface area contributed by atoms with Gasteiger partial charge in [-0.2, -0.15) is 0 Å². The van der Waals surface area contributed by atoms with E-state index in [4.69, 9.17) is 0 Å². The van der Waals surface area contributed by atoms with E-state index in [2.05, 4.69) is 15.4 Å². The van der Waals surface area contributed by atoms with Crippen LogP contribution in [0.25, 0.3) is 0 Å². The summed E-state index contributed by atoms with van der Waals surface area (Å²) in [6.45, 7) is 4.43. The first-order chi connectivity index (χ1) is 6.56. The summed E-state index contributed by atoms with van der Waals surface area (Å²) >= 11 is 0. The molecule has 0 aliphatic carbocycles. The number of amides is 1. The molecule has 0 aromatic rings. The molecule has 0 rings (SSSR count). The predicted octanol–water partition coefficient (Wildman–Crippen LogP) is -0.336. The van der Waals surface area contributed by atoms with Gasteiger partial charge in [-0.3, -0.25) is 9.59 Å². The van der Waals surface area contributed by atoms with Gasteiger partial charge in [-0.05, 0) is 13.8 Å². The molecule has 0 aliphatic heterocycles. The van der Waals surface area contributed by atoms with Crippen molar-refractivity contribution in [1.82, 2.24) is 10.6 Å². The molecule has 5 nitrogen and oxygen atoms in total. The van der Waals surface area contributed by atoms with Gasteiger partial charge in [-0.15, -0.1) is 0 Å². The highest BCUT2D eigenvalue weighted by Gasteiger charge is 2.03. The molecule has 5 heteroatoms. The van der Waals surface area contributed by atoms with Gasteiger partial charge in [0.2, 0.25) is 5.91 Å². The van der Waals surface area contributed by atoms with Crippen molar-refractivity contribution in [2.45, 2.75) is 26.3 Å². The molecule has 0 saturated heterocycles. The number of hydrogen-bond acceptors (Lipinski definition) is 4. The summed E-state index contributed by atoms with van der Waals surface area (Å²) in [5.74, 6) is -0.341. The predicted molar refractivity (Wildman–Crippen MR) is 52.8 cm³/mol. The lowest BCUT2D eigenvalue weighted by Gasteiger charge is -2.08.